The second-order valence-corrected chi connectivity index (χ2v) is 22.2. The molecule has 0 amide bonds. The van der Waals surface area contributed by atoms with Crippen molar-refractivity contribution in [3.05, 3.63) is 102 Å². The van der Waals surface area contributed by atoms with Crippen molar-refractivity contribution in [2.24, 2.45) is 5.92 Å². The minimum absolute atomic E-state index is 0.0173. The molecular formula is C39H52FN3O3SSi. The Balaban J connectivity index is 1.32. The van der Waals surface area contributed by atoms with Gasteiger partial charge in [0.05, 0.1) is 22.2 Å². The van der Waals surface area contributed by atoms with Gasteiger partial charge in [-0.25, -0.2) is 16.8 Å². The summed E-state index contributed by atoms with van der Waals surface area (Å²) in [5, 5.41) is 1.07. The van der Waals surface area contributed by atoms with Crippen molar-refractivity contribution in [2.45, 2.75) is 94.1 Å². The standard InChI is InChI=1S/C39H52FN3O3SSi/c1-38(2,3)48(6,7)46-37(29-20-23-39(24-21-29,41(4)5)30-14-13-15-31(40)26-30)28-42-25-22-34-33-18-11-12-19-35(33)43(36(34)27-42)47(44,45)32-16-9-8-10-17-32/h8-19,26,29,37H,20-25,27-28H2,1-7H3. The molecule has 6 rings (SSSR count). The zero-order valence-electron chi connectivity index (χ0n) is 29.7. The third-order valence-corrected chi connectivity index (χ3v) is 17.9. The van der Waals surface area contributed by atoms with Gasteiger partial charge >= 0.3 is 0 Å². The van der Waals surface area contributed by atoms with E-state index in [1.165, 1.54) is 6.07 Å². The van der Waals surface area contributed by atoms with Gasteiger partial charge in [-0.1, -0.05) is 69.3 Å². The van der Waals surface area contributed by atoms with Crippen molar-refractivity contribution in [3.8, 4) is 0 Å². The summed E-state index contributed by atoms with van der Waals surface area (Å²) in [6.45, 7) is 13.7. The highest BCUT2D eigenvalue weighted by atomic mass is 32.2. The number of fused-ring (bicyclic) bond motifs is 3. The maximum Gasteiger partial charge on any atom is 0.268 e. The lowest BCUT2D eigenvalue weighted by molar-refractivity contribution is 0.0107. The maximum absolute atomic E-state index is 14.4. The van der Waals surface area contributed by atoms with E-state index in [2.05, 4.69) is 69.9 Å². The molecule has 48 heavy (non-hydrogen) atoms. The third-order valence-electron chi connectivity index (χ3n) is 11.7. The zero-order chi connectivity index (χ0) is 34.5. The normalized spacial score (nSPS) is 21.8. The molecule has 1 atom stereocenters. The van der Waals surface area contributed by atoms with Crippen molar-refractivity contribution in [3.63, 3.8) is 0 Å². The van der Waals surface area contributed by atoms with Crippen molar-refractivity contribution in [1.82, 2.24) is 13.8 Å². The van der Waals surface area contributed by atoms with Crippen molar-refractivity contribution >= 4 is 29.2 Å². The number of hydrogen-bond donors (Lipinski definition) is 0. The Labute approximate surface area is 288 Å². The highest BCUT2D eigenvalue weighted by Gasteiger charge is 2.45. The lowest BCUT2D eigenvalue weighted by Crippen LogP contribution is -2.52. The SMILES string of the molecule is CN(C)C1(c2cccc(F)c2)CCC(C(CN2CCc3c(n(S(=O)(=O)c4ccccc4)c4ccccc34)C2)O[Si](C)(C)C(C)(C)C)CC1. The first-order chi connectivity index (χ1) is 22.6. The van der Waals surface area contributed by atoms with Crippen LogP contribution >= 0.6 is 0 Å². The minimum atomic E-state index is -3.80. The molecule has 1 aliphatic carbocycles. The summed E-state index contributed by atoms with van der Waals surface area (Å²) in [5.41, 5.74) is 3.56. The number of aromatic nitrogens is 1. The van der Waals surface area contributed by atoms with E-state index >= 15 is 0 Å². The highest BCUT2D eigenvalue weighted by molar-refractivity contribution is 7.90. The van der Waals surface area contributed by atoms with Gasteiger partial charge < -0.3 is 4.43 Å². The van der Waals surface area contributed by atoms with Crippen molar-refractivity contribution in [2.75, 3.05) is 27.2 Å². The van der Waals surface area contributed by atoms with Crippen LogP contribution in [-0.2, 0) is 33.0 Å². The average Bonchev–Trinajstić information content (AvgIpc) is 3.38. The molecule has 1 aromatic heterocycles. The Morgan fingerprint density at radius 1 is 0.979 bits per heavy atom. The fourth-order valence-electron chi connectivity index (χ4n) is 7.81. The number of benzene rings is 3. The zero-order valence-corrected chi connectivity index (χ0v) is 31.5. The molecule has 258 valence electrons. The summed E-state index contributed by atoms with van der Waals surface area (Å²) in [7, 11) is -1.71. The first kappa shape index (κ1) is 35.0. The van der Waals surface area contributed by atoms with Crippen molar-refractivity contribution < 1.29 is 17.2 Å². The monoisotopic (exact) mass is 689 g/mol. The number of rotatable bonds is 9. The molecule has 1 aliphatic heterocycles. The molecule has 0 saturated heterocycles. The lowest BCUT2D eigenvalue weighted by atomic mass is 9.70. The second-order valence-electron chi connectivity index (χ2n) is 15.7. The Bertz CT molecular complexity index is 1860. The van der Waals surface area contributed by atoms with E-state index in [1.54, 1.807) is 34.3 Å². The summed E-state index contributed by atoms with van der Waals surface area (Å²) in [4.78, 5) is 5.01. The van der Waals surface area contributed by atoms with E-state index in [0.717, 1.165) is 72.9 Å². The van der Waals surface area contributed by atoms with E-state index in [9.17, 15) is 12.8 Å². The molecule has 4 aromatic rings. The van der Waals surface area contributed by atoms with Crippen LogP contribution in [0.5, 0.6) is 0 Å². The minimum Gasteiger partial charge on any atom is -0.412 e. The summed E-state index contributed by atoms with van der Waals surface area (Å²) >= 11 is 0. The van der Waals surface area contributed by atoms with Crippen LogP contribution in [0.2, 0.25) is 18.1 Å². The molecule has 2 heterocycles. The smallest absolute Gasteiger partial charge is 0.268 e. The molecule has 6 nitrogen and oxygen atoms in total. The maximum atomic E-state index is 14.4. The molecule has 0 N–H and O–H groups in total. The molecule has 3 aromatic carbocycles. The van der Waals surface area contributed by atoms with Crippen LogP contribution in [0.25, 0.3) is 10.9 Å². The molecular weight excluding hydrogens is 638 g/mol. The predicted molar refractivity (Wildman–Crippen MR) is 196 cm³/mol. The fourth-order valence-corrected chi connectivity index (χ4v) is 10.8. The summed E-state index contributed by atoms with van der Waals surface area (Å²) < 4.78 is 51.7. The quantitative estimate of drug-likeness (QED) is 0.165. The molecule has 1 saturated carbocycles. The van der Waals surface area contributed by atoms with Crippen LogP contribution in [0, 0.1) is 11.7 Å². The third kappa shape index (κ3) is 6.44. The average molecular weight is 690 g/mol. The van der Waals surface area contributed by atoms with Crippen LogP contribution in [0.4, 0.5) is 4.39 Å². The molecule has 1 unspecified atom stereocenters. The molecule has 2 aliphatic rings. The largest absolute Gasteiger partial charge is 0.412 e. The van der Waals surface area contributed by atoms with Gasteiger partial charge in [-0.3, -0.25) is 9.80 Å². The second kappa shape index (κ2) is 13.1. The number of para-hydroxylation sites is 1. The van der Waals surface area contributed by atoms with E-state index in [-0.39, 0.29) is 22.5 Å². The Morgan fingerprint density at radius 2 is 1.65 bits per heavy atom. The van der Waals surface area contributed by atoms with Crippen LogP contribution in [0.1, 0.15) is 63.3 Å². The first-order valence-corrected chi connectivity index (χ1v) is 21.7. The van der Waals surface area contributed by atoms with Gasteiger partial charge in [0, 0.05) is 30.6 Å². The van der Waals surface area contributed by atoms with Gasteiger partial charge in [0.1, 0.15) is 5.82 Å². The Morgan fingerprint density at radius 3 is 2.29 bits per heavy atom. The topological polar surface area (TPSA) is 54.8 Å². The van der Waals surface area contributed by atoms with Gasteiger partial charge in [0.25, 0.3) is 10.0 Å². The fraction of sp³-hybridized carbons (Fsp3) is 0.487. The molecule has 9 heteroatoms. The molecule has 1 fully saturated rings. The lowest BCUT2D eigenvalue weighted by Gasteiger charge is -2.49. The van der Waals surface area contributed by atoms with E-state index < -0.39 is 18.3 Å². The van der Waals surface area contributed by atoms with Crippen LogP contribution < -0.4 is 0 Å². The van der Waals surface area contributed by atoms with Gasteiger partial charge in [-0.15, -0.1) is 0 Å². The van der Waals surface area contributed by atoms with Crippen LogP contribution in [0.3, 0.4) is 0 Å². The van der Waals surface area contributed by atoms with Gasteiger partial charge in [0.2, 0.25) is 0 Å². The Hall–Kier alpha value is -2.82. The predicted octanol–water partition coefficient (Wildman–Crippen LogP) is 8.41. The van der Waals surface area contributed by atoms with E-state index in [0.29, 0.717) is 17.4 Å². The number of halogens is 1. The molecule has 0 radical (unpaired) electrons. The number of nitrogens with zero attached hydrogens (tertiary/aromatic N) is 3. The van der Waals surface area contributed by atoms with Crippen LogP contribution in [0.15, 0.2) is 83.8 Å². The first-order valence-electron chi connectivity index (χ1n) is 17.4. The van der Waals surface area contributed by atoms with Gasteiger partial charge in [-0.05, 0) is 112 Å². The number of hydrogen-bond acceptors (Lipinski definition) is 5. The summed E-state index contributed by atoms with van der Waals surface area (Å²) in [6.07, 6.45) is 4.63. The molecule has 0 bridgehead atoms. The summed E-state index contributed by atoms with van der Waals surface area (Å²) in [6, 6.07) is 23.8. The van der Waals surface area contributed by atoms with Gasteiger partial charge in [-0.2, -0.15) is 0 Å². The molecule has 0 spiro atoms. The van der Waals surface area contributed by atoms with E-state index in [1.807, 2.05) is 30.3 Å². The Kier molecular flexibility index (Phi) is 9.58. The summed E-state index contributed by atoms with van der Waals surface area (Å²) in [5.74, 6) is 0.159. The highest BCUT2D eigenvalue weighted by Crippen LogP contribution is 2.46. The van der Waals surface area contributed by atoms with Crippen molar-refractivity contribution in [1.29, 1.82) is 0 Å². The van der Waals surface area contributed by atoms with Crippen LogP contribution in [-0.4, -0.2) is 63.8 Å². The van der Waals surface area contributed by atoms with Gasteiger partial charge in [0.15, 0.2) is 8.32 Å². The van der Waals surface area contributed by atoms with E-state index in [4.69, 9.17) is 4.43 Å².